The minimum atomic E-state index is -0.160. The zero-order chi connectivity index (χ0) is 13.0. The number of halogens is 1. The van der Waals surface area contributed by atoms with E-state index in [9.17, 15) is 4.39 Å². The van der Waals surface area contributed by atoms with Gasteiger partial charge in [0.2, 0.25) is 0 Å². The van der Waals surface area contributed by atoms with Crippen molar-refractivity contribution in [1.29, 1.82) is 0 Å². The summed E-state index contributed by atoms with van der Waals surface area (Å²) in [5.41, 5.74) is 1.17. The SMILES string of the molecule is CC1CCCN1CCN(C)Cc1ccc(F)cc1. The van der Waals surface area contributed by atoms with Crippen molar-refractivity contribution in [2.45, 2.75) is 32.4 Å². The Balaban J connectivity index is 1.74. The van der Waals surface area contributed by atoms with Crippen molar-refractivity contribution in [3.8, 4) is 0 Å². The topological polar surface area (TPSA) is 6.48 Å². The van der Waals surface area contributed by atoms with Gasteiger partial charge in [-0.05, 0) is 51.1 Å². The lowest BCUT2D eigenvalue weighted by molar-refractivity contribution is 0.217. The standard InChI is InChI=1S/C15H23FN2/c1-13-4-3-9-18(13)11-10-17(2)12-14-5-7-15(16)8-6-14/h5-8,13H,3-4,9-12H2,1-2H3. The molecule has 0 aromatic heterocycles. The fourth-order valence-electron chi connectivity index (χ4n) is 2.60. The fraction of sp³-hybridized carbons (Fsp3) is 0.600. The summed E-state index contributed by atoms with van der Waals surface area (Å²) < 4.78 is 12.8. The summed E-state index contributed by atoms with van der Waals surface area (Å²) in [6.07, 6.45) is 2.67. The lowest BCUT2D eigenvalue weighted by Gasteiger charge is -2.24. The molecule has 0 amide bonds. The van der Waals surface area contributed by atoms with Gasteiger partial charge in [-0.15, -0.1) is 0 Å². The first-order chi connectivity index (χ1) is 8.65. The van der Waals surface area contributed by atoms with Gasteiger partial charge < -0.3 is 4.90 Å². The first-order valence-electron chi connectivity index (χ1n) is 6.82. The van der Waals surface area contributed by atoms with Crippen molar-refractivity contribution in [2.75, 3.05) is 26.7 Å². The highest BCUT2D eigenvalue weighted by Crippen LogP contribution is 2.15. The van der Waals surface area contributed by atoms with Crippen molar-refractivity contribution >= 4 is 0 Å². The molecule has 1 heterocycles. The van der Waals surface area contributed by atoms with Crippen molar-refractivity contribution in [1.82, 2.24) is 9.80 Å². The molecule has 3 heteroatoms. The smallest absolute Gasteiger partial charge is 0.123 e. The van der Waals surface area contributed by atoms with Gasteiger partial charge in [-0.25, -0.2) is 4.39 Å². The molecule has 1 fully saturated rings. The molecule has 1 aliphatic heterocycles. The summed E-state index contributed by atoms with van der Waals surface area (Å²) in [7, 11) is 2.13. The predicted molar refractivity (Wildman–Crippen MR) is 73.0 cm³/mol. The Labute approximate surface area is 109 Å². The molecule has 0 radical (unpaired) electrons. The summed E-state index contributed by atoms with van der Waals surface area (Å²) in [6.45, 7) is 6.65. The van der Waals surface area contributed by atoms with Crippen LogP contribution in [-0.2, 0) is 6.54 Å². The highest BCUT2D eigenvalue weighted by Gasteiger charge is 2.19. The third-order valence-corrected chi connectivity index (χ3v) is 3.83. The van der Waals surface area contributed by atoms with E-state index in [0.717, 1.165) is 25.7 Å². The Hall–Kier alpha value is -0.930. The summed E-state index contributed by atoms with van der Waals surface area (Å²) >= 11 is 0. The maximum Gasteiger partial charge on any atom is 0.123 e. The molecular formula is C15H23FN2. The van der Waals surface area contributed by atoms with Gasteiger partial charge in [0, 0.05) is 25.7 Å². The second-order valence-electron chi connectivity index (χ2n) is 5.39. The Morgan fingerprint density at radius 1 is 1.33 bits per heavy atom. The van der Waals surface area contributed by atoms with E-state index >= 15 is 0 Å². The van der Waals surface area contributed by atoms with Crippen LogP contribution in [0.5, 0.6) is 0 Å². The molecule has 2 nitrogen and oxygen atoms in total. The van der Waals surface area contributed by atoms with Crippen LogP contribution in [0.15, 0.2) is 24.3 Å². The molecule has 1 aromatic rings. The number of rotatable bonds is 5. The van der Waals surface area contributed by atoms with Gasteiger partial charge in [-0.2, -0.15) is 0 Å². The molecule has 18 heavy (non-hydrogen) atoms. The molecule has 0 aliphatic carbocycles. The van der Waals surface area contributed by atoms with Crippen LogP contribution in [0.1, 0.15) is 25.3 Å². The molecule has 100 valence electrons. The molecule has 1 unspecified atom stereocenters. The summed E-state index contributed by atoms with van der Waals surface area (Å²) in [5, 5.41) is 0. The van der Waals surface area contributed by atoms with Crippen molar-refractivity contribution in [3.63, 3.8) is 0 Å². The summed E-state index contributed by atoms with van der Waals surface area (Å²) in [6, 6.07) is 7.54. The Bertz CT molecular complexity index is 363. The van der Waals surface area contributed by atoms with E-state index in [-0.39, 0.29) is 5.82 Å². The average Bonchev–Trinajstić information content (AvgIpc) is 2.75. The van der Waals surface area contributed by atoms with Gasteiger partial charge in [0.15, 0.2) is 0 Å². The number of likely N-dealkylation sites (tertiary alicyclic amines) is 1. The Morgan fingerprint density at radius 3 is 2.67 bits per heavy atom. The molecule has 1 saturated heterocycles. The van der Waals surface area contributed by atoms with E-state index in [1.54, 1.807) is 0 Å². The number of likely N-dealkylation sites (N-methyl/N-ethyl adjacent to an activating group) is 1. The first kappa shape index (κ1) is 13.5. The maximum atomic E-state index is 12.8. The van der Waals surface area contributed by atoms with Crippen LogP contribution in [0.25, 0.3) is 0 Å². The zero-order valence-electron chi connectivity index (χ0n) is 11.4. The Kier molecular flexibility index (Phi) is 4.72. The van der Waals surface area contributed by atoms with E-state index in [1.165, 1.54) is 37.1 Å². The number of nitrogens with zero attached hydrogens (tertiary/aromatic N) is 2. The quantitative estimate of drug-likeness (QED) is 0.793. The third kappa shape index (κ3) is 3.79. The first-order valence-corrected chi connectivity index (χ1v) is 6.82. The van der Waals surface area contributed by atoms with Gasteiger partial charge in [0.25, 0.3) is 0 Å². The average molecular weight is 250 g/mol. The highest BCUT2D eigenvalue weighted by atomic mass is 19.1. The van der Waals surface area contributed by atoms with Gasteiger partial charge in [-0.1, -0.05) is 12.1 Å². The number of benzene rings is 1. The minimum Gasteiger partial charge on any atom is -0.301 e. The van der Waals surface area contributed by atoms with Crippen LogP contribution in [0.2, 0.25) is 0 Å². The van der Waals surface area contributed by atoms with Crippen molar-refractivity contribution < 1.29 is 4.39 Å². The normalized spacial score (nSPS) is 20.8. The lowest BCUT2D eigenvalue weighted by atomic mass is 10.2. The molecule has 2 rings (SSSR count). The van der Waals surface area contributed by atoms with Crippen molar-refractivity contribution in [3.05, 3.63) is 35.6 Å². The summed E-state index contributed by atoms with van der Waals surface area (Å²) in [5.74, 6) is -0.160. The maximum absolute atomic E-state index is 12.8. The number of hydrogen-bond donors (Lipinski definition) is 0. The molecule has 1 aromatic carbocycles. The Morgan fingerprint density at radius 2 is 2.06 bits per heavy atom. The molecule has 0 bridgehead atoms. The van der Waals surface area contributed by atoms with Crippen LogP contribution in [0, 0.1) is 5.82 Å². The van der Waals surface area contributed by atoms with Gasteiger partial charge in [-0.3, -0.25) is 4.90 Å². The summed E-state index contributed by atoms with van der Waals surface area (Å²) in [4.78, 5) is 4.86. The van der Waals surface area contributed by atoms with Crippen LogP contribution in [0.4, 0.5) is 4.39 Å². The third-order valence-electron chi connectivity index (χ3n) is 3.83. The predicted octanol–water partition coefficient (Wildman–Crippen LogP) is 2.74. The number of hydrogen-bond acceptors (Lipinski definition) is 2. The fourth-order valence-corrected chi connectivity index (χ4v) is 2.60. The van der Waals surface area contributed by atoms with Crippen molar-refractivity contribution in [2.24, 2.45) is 0 Å². The monoisotopic (exact) mass is 250 g/mol. The van der Waals surface area contributed by atoms with E-state index in [0.29, 0.717) is 0 Å². The second kappa shape index (κ2) is 6.30. The van der Waals surface area contributed by atoms with E-state index in [1.807, 2.05) is 12.1 Å². The molecule has 0 spiro atoms. The largest absolute Gasteiger partial charge is 0.301 e. The van der Waals surface area contributed by atoms with Gasteiger partial charge in [0.1, 0.15) is 5.82 Å². The van der Waals surface area contributed by atoms with Crippen LogP contribution < -0.4 is 0 Å². The zero-order valence-corrected chi connectivity index (χ0v) is 11.4. The van der Waals surface area contributed by atoms with Gasteiger partial charge in [0.05, 0.1) is 0 Å². The minimum absolute atomic E-state index is 0.160. The molecule has 0 saturated carbocycles. The lowest BCUT2D eigenvalue weighted by Crippen LogP contribution is -2.34. The molecule has 1 atom stereocenters. The highest BCUT2D eigenvalue weighted by molar-refractivity contribution is 5.15. The van der Waals surface area contributed by atoms with E-state index < -0.39 is 0 Å². The molecule has 1 aliphatic rings. The van der Waals surface area contributed by atoms with E-state index in [4.69, 9.17) is 0 Å². The van der Waals surface area contributed by atoms with Crippen LogP contribution in [-0.4, -0.2) is 42.5 Å². The van der Waals surface area contributed by atoms with Gasteiger partial charge >= 0.3 is 0 Å². The van der Waals surface area contributed by atoms with Crippen LogP contribution in [0.3, 0.4) is 0 Å². The van der Waals surface area contributed by atoms with Crippen LogP contribution >= 0.6 is 0 Å². The molecule has 0 N–H and O–H groups in total. The molecular weight excluding hydrogens is 227 g/mol. The van der Waals surface area contributed by atoms with E-state index in [2.05, 4.69) is 23.8 Å². The second-order valence-corrected chi connectivity index (χ2v) is 5.39.